The van der Waals surface area contributed by atoms with E-state index in [0.717, 1.165) is 29.8 Å². The van der Waals surface area contributed by atoms with Crippen LogP contribution in [0, 0.1) is 0 Å². The minimum atomic E-state index is -0.0225. The predicted molar refractivity (Wildman–Crippen MR) is 123 cm³/mol. The number of para-hydroxylation sites is 1. The summed E-state index contributed by atoms with van der Waals surface area (Å²) in [4.78, 5) is 13.0. The van der Waals surface area contributed by atoms with Gasteiger partial charge in [-0.2, -0.15) is 0 Å². The van der Waals surface area contributed by atoms with Crippen LogP contribution in [-0.2, 0) is 11.2 Å². The molecule has 1 aliphatic rings. The molecule has 3 aromatic rings. The van der Waals surface area contributed by atoms with E-state index in [9.17, 15) is 4.79 Å². The molecule has 6 heteroatoms. The SMILES string of the molecule is CC1(C)CC(NC(=O)Cc2nnn(-c3ccccc3)c2-c2ccccc2)CC(C)(C)N1. The standard InChI is InChI=1S/C25H31N5O/c1-24(2)16-19(17-25(3,4)28-24)26-22(31)15-21-23(18-11-7-5-8-12-18)30(29-27-21)20-13-9-6-10-14-20/h5-14,19,28H,15-17H2,1-4H3,(H,26,31). The zero-order valence-electron chi connectivity index (χ0n) is 18.7. The highest BCUT2D eigenvalue weighted by atomic mass is 16.1. The molecular formula is C25H31N5O. The molecule has 4 rings (SSSR count). The fourth-order valence-corrected chi connectivity index (χ4v) is 4.92. The van der Waals surface area contributed by atoms with Gasteiger partial charge in [-0.3, -0.25) is 4.79 Å². The van der Waals surface area contributed by atoms with E-state index in [4.69, 9.17) is 0 Å². The third-order valence-electron chi connectivity index (χ3n) is 5.67. The molecule has 2 aromatic carbocycles. The lowest BCUT2D eigenvalue weighted by Crippen LogP contribution is -2.62. The average Bonchev–Trinajstić information content (AvgIpc) is 3.10. The van der Waals surface area contributed by atoms with Crippen LogP contribution in [0.5, 0.6) is 0 Å². The first kappa shape index (κ1) is 21.2. The van der Waals surface area contributed by atoms with E-state index in [1.54, 1.807) is 0 Å². The van der Waals surface area contributed by atoms with Gasteiger partial charge in [0.2, 0.25) is 5.91 Å². The molecule has 1 aromatic heterocycles. The lowest BCUT2D eigenvalue weighted by molar-refractivity contribution is -0.121. The third-order valence-corrected chi connectivity index (χ3v) is 5.67. The van der Waals surface area contributed by atoms with Gasteiger partial charge in [0.1, 0.15) is 5.69 Å². The van der Waals surface area contributed by atoms with Crippen molar-refractivity contribution >= 4 is 5.91 Å². The Bertz CT molecular complexity index is 1020. The summed E-state index contributed by atoms with van der Waals surface area (Å²) >= 11 is 0. The molecule has 2 N–H and O–H groups in total. The van der Waals surface area contributed by atoms with E-state index < -0.39 is 0 Å². The molecule has 6 nitrogen and oxygen atoms in total. The third kappa shape index (κ3) is 5.02. The Morgan fingerprint density at radius 1 is 1.00 bits per heavy atom. The van der Waals surface area contributed by atoms with E-state index >= 15 is 0 Å². The number of hydrogen-bond donors (Lipinski definition) is 2. The number of carbonyl (C=O) groups is 1. The van der Waals surface area contributed by atoms with Crippen molar-refractivity contribution in [3.63, 3.8) is 0 Å². The molecule has 162 valence electrons. The highest BCUT2D eigenvalue weighted by Gasteiger charge is 2.38. The van der Waals surface area contributed by atoms with Gasteiger partial charge in [0.05, 0.1) is 17.8 Å². The Morgan fingerprint density at radius 2 is 1.58 bits per heavy atom. The second kappa shape index (κ2) is 8.27. The first-order valence-corrected chi connectivity index (χ1v) is 10.9. The molecule has 0 atom stereocenters. The molecule has 0 bridgehead atoms. The number of piperidine rings is 1. The topological polar surface area (TPSA) is 71.8 Å². The van der Waals surface area contributed by atoms with Crippen LogP contribution in [0.3, 0.4) is 0 Å². The first-order chi connectivity index (χ1) is 14.7. The number of aromatic nitrogens is 3. The van der Waals surface area contributed by atoms with Crippen molar-refractivity contribution in [1.82, 2.24) is 25.6 Å². The molecule has 31 heavy (non-hydrogen) atoms. The summed E-state index contributed by atoms with van der Waals surface area (Å²) in [6.07, 6.45) is 1.98. The maximum absolute atomic E-state index is 13.0. The Morgan fingerprint density at radius 3 is 2.19 bits per heavy atom. The van der Waals surface area contributed by atoms with E-state index in [0.29, 0.717) is 5.69 Å². The Labute approximate surface area is 184 Å². The van der Waals surface area contributed by atoms with Gasteiger partial charge in [-0.1, -0.05) is 53.7 Å². The minimum absolute atomic E-state index is 0.0178. The lowest BCUT2D eigenvalue weighted by atomic mass is 9.79. The van der Waals surface area contributed by atoms with Crippen LogP contribution in [0.15, 0.2) is 60.7 Å². The van der Waals surface area contributed by atoms with Gasteiger partial charge in [-0.25, -0.2) is 4.68 Å². The average molecular weight is 418 g/mol. The van der Waals surface area contributed by atoms with Crippen molar-refractivity contribution in [2.24, 2.45) is 0 Å². The Hall–Kier alpha value is -2.99. The number of rotatable bonds is 5. The normalized spacial score (nSPS) is 17.9. The van der Waals surface area contributed by atoms with E-state index in [1.807, 2.05) is 65.3 Å². The maximum atomic E-state index is 13.0. The predicted octanol–water partition coefficient (Wildman–Crippen LogP) is 3.90. The monoisotopic (exact) mass is 417 g/mol. The molecule has 1 amide bonds. The largest absolute Gasteiger partial charge is 0.353 e. The first-order valence-electron chi connectivity index (χ1n) is 10.9. The van der Waals surface area contributed by atoms with Crippen LogP contribution < -0.4 is 10.6 Å². The van der Waals surface area contributed by atoms with Crippen molar-refractivity contribution < 1.29 is 4.79 Å². The highest BCUT2D eigenvalue weighted by Crippen LogP contribution is 2.29. The number of nitrogens with one attached hydrogen (secondary N) is 2. The zero-order valence-corrected chi connectivity index (χ0v) is 18.7. The smallest absolute Gasteiger partial charge is 0.226 e. The van der Waals surface area contributed by atoms with Crippen LogP contribution >= 0.6 is 0 Å². The van der Waals surface area contributed by atoms with Gasteiger partial charge in [0.25, 0.3) is 0 Å². The van der Waals surface area contributed by atoms with E-state index in [-0.39, 0.29) is 29.4 Å². The zero-order chi connectivity index (χ0) is 22.1. The van der Waals surface area contributed by atoms with Crippen LogP contribution in [0.4, 0.5) is 0 Å². The van der Waals surface area contributed by atoms with Gasteiger partial charge in [0.15, 0.2) is 0 Å². The fourth-order valence-electron chi connectivity index (χ4n) is 4.92. The van der Waals surface area contributed by atoms with Crippen molar-refractivity contribution in [3.8, 4) is 16.9 Å². The summed E-state index contributed by atoms with van der Waals surface area (Å²) in [6.45, 7) is 8.75. The summed E-state index contributed by atoms with van der Waals surface area (Å²) in [5.74, 6) is -0.0178. The molecule has 0 saturated carbocycles. The van der Waals surface area contributed by atoms with Crippen molar-refractivity contribution in [3.05, 3.63) is 66.4 Å². The van der Waals surface area contributed by atoms with Crippen LogP contribution in [0.2, 0.25) is 0 Å². The van der Waals surface area contributed by atoms with Crippen molar-refractivity contribution in [2.45, 2.75) is 64.1 Å². The number of carbonyl (C=O) groups excluding carboxylic acids is 1. The number of nitrogens with zero attached hydrogens (tertiary/aromatic N) is 3. The minimum Gasteiger partial charge on any atom is -0.353 e. The van der Waals surface area contributed by atoms with Gasteiger partial charge < -0.3 is 10.6 Å². The van der Waals surface area contributed by atoms with E-state index in [2.05, 4.69) is 48.6 Å². The summed E-state index contributed by atoms with van der Waals surface area (Å²) in [5, 5.41) is 15.7. The number of hydrogen-bond acceptors (Lipinski definition) is 4. The van der Waals surface area contributed by atoms with Gasteiger partial charge in [-0.15, -0.1) is 5.10 Å². The molecule has 0 aliphatic carbocycles. The molecule has 0 radical (unpaired) electrons. The molecule has 0 spiro atoms. The molecule has 0 unspecified atom stereocenters. The van der Waals surface area contributed by atoms with Crippen LogP contribution in [0.1, 0.15) is 46.2 Å². The van der Waals surface area contributed by atoms with Gasteiger partial charge in [0, 0.05) is 22.7 Å². The molecule has 1 saturated heterocycles. The number of amides is 1. The Kier molecular flexibility index (Phi) is 5.67. The maximum Gasteiger partial charge on any atom is 0.226 e. The summed E-state index contributed by atoms with van der Waals surface area (Å²) in [5.41, 5.74) is 3.40. The van der Waals surface area contributed by atoms with Crippen LogP contribution in [0.25, 0.3) is 16.9 Å². The lowest BCUT2D eigenvalue weighted by Gasteiger charge is -2.46. The van der Waals surface area contributed by atoms with E-state index in [1.165, 1.54) is 0 Å². The van der Waals surface area contributed by atoms with Gasteiger partial charge >= 0.3 is 0 Å². The summed E-state index contributed by atoms with van der Waals surface area (Å²) in [6, 6.07) is 20.0. The summed E-state index contributed by atoms with van der Waals surface area (Å²) in [7, 11) is 0. The van der Waals surface area contributed by atoms with Gasteiger partial charge in [-0.05, 0) is 52.7 Å². The molecule has 1 fully saturated rings. The van der Waals surface area contributed by atoms with Crippen molar-refractivity contribution in [1.29, 1.82) is 0 Å². The molecule has 1 aliphatic heterocycles. The fraction of sp³-hybridized carbons (Fsp3) is 0.400. The quantitative estimate of drug-likeness (QED) is 0.660. The second-order valence-electron chi connectivity index (χ2n) is 9.74. The molecule has 2 heterocycles. The second-order valence-corrected chi connectivity index (χ2v) is 9.74. The summed E-state index contributed by atoms with van der Waals surface area (Å²) < 4.78 is 1.81. The van der Waals surface area contributed by atoms with Crippen LogP contribution in [-0.4, -0.2) is 38.0 Å². The van der Waals surface area contributed by atoms with Crippen molar-refractivity contribution in [2.75, 3.05) is 0 Å². The Balaban J connectivity index is 1.59. The number of benzene rings is 2. The molecular weight excluding hydrogens is 386 g/mol. The highest BCUT2D eigenvalue weighted by molar-refractivity contribution is 5.81.